The van der Waals surface area contributed by atoms with E-state index in [0.717, 1.165) is 0 Å². The molecule has 0 nitrogen and oxygen atoms in total. The van der Waals surface area contributed by atoms with Crippen LogP contribution in [0.5, 0.6) is 0 Å². The number of rotatable bonds is 0. The van der Waals surface area contributed by atoms with E-state index in [1.807, 2.05) is 60.7 Å². The molecule has 1 radical (unpaired) electrons. The molecule has 0 heterocycles. The molecular weight excluding hydrogens is 247 g/mol. The van der Waals surface area contributed by atoms with Gasteiger partial charge < -0.3 is 12.4 Å². The summed E-state index contributed by atoms with van der Waals surface area (Å²) in [6, 6.07) is 20.0. The van der Waals surface area contributed by atoms with Crippen LogP contribution in [0.1, 0.15) is 0 Å². The Bertz CT molecular complexity index is 149. The molecule has 2 heteroatoms. The van der Waals surface area contributed by atoms with E-state index in [9.17, 15) is 0 Å². The third-order valence-electron chi connectivity index (χ3n) is 1.11. The maximum atomic E-state index is 2.00. The quantitative estimate of drug-likeness (QED) is 0.574. The minimum atomic E-state index is 0. The van der Waals surface area contributed by atoms with Gasteiger partial charge in [-0.3, -0.25) is 0 Å². The van der Waals surface area contributed by atoms with E-state index in [2.05, 4.69) is 0 Å². The second-order valence-electron chi connectivity index (χ2n) is 1.92. The van der Waals surface area contributed by atoms with Crippen LogP contribution in [0.3, 0.4) is 0 Å². The zero-order valence-corrected chi connectivity index (χ0v) is 9.87. The van der Waals surface area contributed by atoms with Crippen LogP contribution in [0.2, 0.25) is 0 Å². The molecule has 2 aromatic rings. The summed E-state index contributed by atoms with van der Waals surface area (Å²) < 4.78 is 0. The molecular formula is C10H10ClZr. The summed E-state index contributed by atoms with van der Waals surface area (Å²) in [5, 5.41) is 0. The molecule has 0 atom stereocenters. The Morgan fingerprint density at radius 3 is 0.917 bits per heavy atom. The average molecular weight is 257 g/mol. The first-order valence-electron chi connectivity index (χ1n) is 3.33. The van der Waals surface area contributed by atoms with Gasteiger partial charge in [-0.05, 0) is 0 Å². The summed E-state index contributed by atoms with van der Waals surface area (Å²) in [6.07, 6.45) is 0. The largest absolute Gasteiger partial charge is 3.00 e. The molecule has 0 saturated carbocycles. The van der Waals surface area contributed by atoms with Crippen LogP contribution in [-0.4, -0.2) is 0 Å². The van der Waals surface area contributed by atoms with Crippen molar-refractivity contribution in [3.05, 3.63) is 60.7 Å². The van der Waals surface area contributed by atoms with Crippen LogP contribution in [-0.2, 0) is 26.2 Å². The molecule has 12 heavy (non-hydrogen) atoms. The molecule has 2 rings (SSSR count). The third-order valence-corrected chi connectivity index (χ3v) is 1.11. The van der Waals surface area contributed by atoms with Gasteiger partial charge in [0.05, 0.1) is 0 Å². The number of hydrogen-bond acceptors (Lipinski definition) is 0. The summed E-state index contributed by atoms with van der Waals surface area (Å²) >= 11 is 0. The van der Waals surface area contributed by atoms with Crippen molar-refractivity contribution in [2.75, 3.05) is 0 Å². The van der Waals surface area contributed by atoms with Gasteiger partial charge in [0, 0.05) is 0 Å². The normalized spacial score (nSPS) is 6.67. The van der Waals surface area contributed by atoms with Gasteiger partial charge in [0.15, 0.2) is 0 Å². The molecule has 2 aromatic carbocycles. The van der Waals surface area contributed by atoms with Crippen LogP contribution in [0.4, 0.5) is 0 Å². The Morgan fingerprint density at radius 2 is 0.833 bits per heavy atom. The third kappa shape index (κ3) is 7.97. The van der Waals surface area contributed by atoms with E-state index in [1.54, 1.807) is 0 Å². The number of halogens is 1. The minimum absolute atomic E-state index is 0. The van der Waals surface area contributed by atoms with Crippen molar-refractivity contribution in [3.8, 4) is 0 Å². The second kappa shape index (κ2) is 10.9. The zero-order chi connectivity index (χ0) is 7.07. The van der Waals surface area contributed by atoms with E-state index in [-0.39, 0.29) is 38.6 Å². The van der Waals surface area contributed by atoms with Crippen LogP contribution in [0.25, 0.3) is 0 Å². The fraction of sp³-hybridized carbons (Fsp3) is 0. The van der Waals surface area contributed by atoms with Crippen molar-refractivity contribution in [2.24, 2.45) is 0 Å². The molecule has 0 N–H and O–H groups in total. The van der Waals surface area contributed by atoms with Crippen LogP contribution in [0, 0.1) is 0 Å². The molecule has 0 aliphatic carbocycles. The molecule has 0 aromatic heterocycles. The molecule has 0 spiro atoms. The smallest absolute Gasteiger partial charge is 1.00 e. The fourth-order valence-electron chi connectivity index (χ4n) is 0.642. The summed E-state index contributed by atoms with van der Waals surface area (Å²) in [4.78, 5) is 0. The van der Waals surface area contributed by atoms with Gasteiger partial charge in [0.1, 0.15) is 0 Å². The molecule has 0 fully saturated rings. The van der Waals surface area contributed by atoms with Crippen LogP contribution < -0.4 is 12.4 Å². The van der Waals surface area contributed by atoms with Crippen molar-refractivity contribution in [1.29, 1.82) is 0 Å². The summed E-state index contributed by atoms with van der Waals surface area (Å²) in [5.41, 5.74) is 0. The molecule has 0 unspecified atom stereocenters. The van der Waals surface area contributed by atoms with Gasteiger partial charge in [0.25, 0.3) is 0 Å². The molecule has 0 bridgehead atoms. The van der Waals surface area contributed by atoms with Gasteiger partial charge in [-0.25, -0.2) is 24.3 Å². The van der Waals surface area contributed by atoms with E-state index in [1.165, 1.54) is 0 Å². The Hall–Kier alpha value is -0.127. The van der Waals surface area contributed by atoms with Crippen molar-refractivity contribution in [1.82, 2.24) is 0 Å². The van der Waals surface area contributed by atoms with Crippen molar-refractivity contribution in [2.45, 2.75) is 0 Å². The second-order valence-corrected chi connectivity index (χ2v) is 1.92. The van der Waals surface area contributed by atoms with Crippen LogP contribution in [0.15, 0.2) is 60.7 Å². The van der Waals surface area contributed by atoms with Gasteiger partial charge in [-0.15, -0.1) is 0 Å². The number of hydrogen-bond donors (Lipinski definition) is 0. The Morgan fingerprint density at radius 1 is 0.583 bits per heavy atom. The van der Waals surface area contributed by atoms with E-state index in [4.69, 9.17) is 0 Å². The minimum Gasteiger partial charge on any atom is -1.00 e. The molecule has 0 saturated heterocycles. The zero-order valence-electron chi connectivity index (χ0n) is 6.65. The maximum absolute atomic E-state index is 2.00. The summed E-state index contributed by atoms with van der Waals surface area (Å²) in [7, 11) is 0. The average Bonchev–Trinajstić information content (AvgIpc) is 2.67. The first-order valence-corrected chi connectivity index (χ1v) is 3.33. The van der Waals surface area contributed by atoms with E-state index < -0.39 is 0 Å². The van der Waals surface area contributed by atoms with E-state index >= 15 is 0 Å². The summed E-state index contributed by atoms with van der Waals surface area (Å²) in [6.45, 7) is 0. The molecule has 61 valence electrons. The SMILES string of the molecule is [Cl-].[Zr+3].c1cc[cH-]c1.c1cc[cH-]c1. The first kappa shape index (κ1) is 14.4. The Balaban J connectivity index is 0. The predicted octanol–water partition coefficient (Wildman–Crippen LogP) is -0.187. The maximum Gasteiger partial charge on any atom is 3.00 e. The molecule has 0 aliphatic heterocycles. The standard InChI is InChI=1S/2C5H5.ClH.Zr/c2*1-2-4-5-3-1;;/h2*1-5H;1H;/q2*-1;;+3/p-1. The van der Waals surface area contributed by atoms with Crippen molar-refractivity contribution >= 4 is 0 Å². The van der Waals surface area contributed by atoms with Crippen molar-refractivity contribution < 1.29 is 38.6 Å². The fourth-order valence-corrected chi connectivity index (χ4v) is 0.642. The first-order chi connectivity index (χ1) is 5.00. The van der Waals surface area contributed by atoms with Crippen LogP contribution >= 0.6 is 0 Å². The monoisotopic (exact) mass is 255 g/mol. The van der Waals surface area contributed by atoms with Gasteiger partial charge in [-0.2, -0.15) is 36.4 Å². The predicted molar refractivity (Wildman–Crippen MR) is 44.1 cm³/mol. The van der Waals surface area contributed by atoms with E-state index in [0.29, 0.717) is 0 Å². The molecule has 0 aliphatic rings. The van der Waals surface area contributed by atoms with Gasteiger partial charge >= 0.3 is 26.2 Å². The van der Waals surface area contributed by atoms with Crippen molar-refractivity contribution in [3.63, 3.8) is 0 Å². The Labute approximate surface area is 98.9 Å². The molecule has 0 amide bonds. The summed E-state index contributed by atoms with van der Waals surface area (Å²) in [5.74, 6) is 0. The van der Waals surface area contributed by atoms with Gasteiger partial charge in [-0.1, -0.05) is 0 Å². The van der Waals surface area contributed by atoms with Gasteiger partial charge in [0.2, 0.25) is 0 Å². The topological polar surface area (TPSA) is 0 Å². The Kier molecular flexibility index (Phi) is 13.0.